The van der Waals surface area contributed by atoms with Crippen LogP contribution in [0.15, 0.2) is 36.5 Å². The van der Waals surface area contributed by atoms with Crippen LogP contribution in [0, 0.1) is 5.82 Å². The van der Waals surface area contributed by atoms with Crippen LogP contribution in [0.25, 0.3) is 0 Å². The highest BCUT2D eigenvalue weighted by atomic mass is 35.5. The number of hydrogen-bond donors (Lipinski definition) is 1. The monoisotopic (exact) mass is 305 g/mol. The molecule has 1 aromatic carbocycles. The smallest absolute Gasteiger partial charge is 0.384 e. The first-order chi connectivity index (χ1) is 9.29. The fraction of sp³-hybridized carbons (Fsp3) is 0.154. The third-order valence-electron chi connectivity index (χ3n) is 2.68. The van der Waals surface area contributed by atoms with E-state index in [1.165, 1.54) is 18.3 Å². The molecular weight excluding hydrogens is 298 g/mol. The maximum Gasteiger partial charge on any atom is 0.419 e. The normalized spacial score (nSPS) is 13.3. The Morgan fingerprint density at radius 3 is 2.30 bits per heavy atom. The first-order valence-corrected chi connectivity index (χ1v) is 5.83. The van der Waals surface area contributed by atoms with E-state index in [-0.39, 0.29) is 10.7 Å². The number of alkyl halides is 3. The molecule has 0 aliphatic rings. The van der Waals surface area contributed by atoms with Crippen molar-refractivity contribution in [2.75, 3.05) is 0 Å². The SMILES string of the molecule is OC(c1ccnc(Cl)c1)c1ccc(C(F)(F)F)c(F)c1. The quantitative estimate of drug-likeness (QED) is 0.672. The van der Waals surface area contributed by atoms with Crippen LogP contribution >= 0.6 is 11.6 Å². The molecular formula is C13H8ClF4NO. The van der Waals surface area contributed by atoms with Crippen molar-refractivity contribution < 1.29 is 22.7 Å². The second-order valence-corrected chi connectivity index (χ2v) is 4.44. The predicted molar refractivity (Wildman–Crippen MR) is 64.7 cm³/mol. The number of aliphatic hydroxyl groups is 1. The topological polar surface area (TPSA) is 33.1 Å². The van der Waals surface area contributed by atoms with Crippen molar-refractivity contribution in [3.63, 3.8) is 0 Å². The molecule has 0 amide bonds. The molecule has 20 heavy (non-hydrogen) atoms. The summed E-state index contributed by atoms with van der Waals surface area (Å²) in [5.41, 5.74) is -1.07. The van der Waals surface area contributed by atoms with Crippen LogP contribution in [0.3, 0.4) is 0 Å². The number of rotatable bonds is 2. The maximum atomic E-state index is 13.4. The molecule has 0 saturated carbocycles. The highest BCUT2D eigenvalue weighted by Crippen LogP contribution is 2.33. The minimum absolute atomic E-state index is 0.00207. The lowest BCUT2D eigenvalue weighted by atomic mass is 10.0. The maximum absolute atomic E-state index is 13.4. The van der Waals surface area contributed by atoms with Gasteiger partial charge in [0.15, 0.2) is 0 Å². The molecule has 0 bridgehead atoms. The zero-order valence-electron chi connectivity index (χ0n) is 9.83. The van der Waals surface area contributed by atoms with E-state index in [0.29, 0.717) is 17.7 Å². The molecule has 1 aromatic heterocycles. The lowest BCUT2D eigenvalue weighted by molar-refractivity contribution is -0.140. The summed E-state index contributed by atoms with van der Waals surface area (Å²) in [6.07, 6.45) is -4.72. The third kappa shape index (κ3) is 3.08. The van der Waals surface area contributed by atoms with E-state index >= 15 is 0 Å². The molecule has 1 N–H and O–H groups in total. The molecule has 1 heterocycles. The fourth-order valence-electron chi connectivity index (χ4n) is 1.71. The number of nitrogens with zero attached hydrogens (tertiary/aromatic N) is 1. The first kappa shape index (κ1) is 14.7. The van der Waals surface area contributed by atoms with Gasteiger partial charge in [0.2, 0.25) is 0 Å². The van der Waals surface area contributed by atoms with E-state index in [9.17, 15) is 22.7 Å². The molecule has 0 aliphatic heterocycles. The van der Waals surface area contributed by atoms with E-state index in [2.05, 4.69) is 4.98 Å². The van der Waals surface area contributed by atoms with Crippen LogP contribution < -0.4 is 0 Å². The van der Waals surface area contributed by atoms with Crippen LogP contribution in [0.1, 0.15) is 22.8 Å². The van der Waals surface area contributed by atoms with Gasteiger partial charge in [-0.15, -0.1) is 0 Å². The van der Waals surface area contributed by atoms with Crippen molar-refractivity contribution in [1.82, 2.24) is 4.98 Å². The molecule has 0 spiro atoms. The van der Waals surface area contributed by atoms with Crippen LogP contribution in [0.4, 0.5) is 17.6 Å². The van der Waals surface area contributed by atoms with Gasteiger partial charge >= 0.3 is 6.18 Å². The Morgan fingerprint density at radius 2 is 1.75 bits per heavy atom. The number of halogens is 5. The molecule has 2 rings (SSSR count). The summed E-state index contributed by atoms with van der Waals surface area (Å²) in [4.78, 5) is 3.71. The van der Waals surface area contributed by atoms with Crippen molar-refractivity contribution in [2.45, 2.75) is 12.3 Å². The molecule has 2 nitrogen and oxygen atoms in total. The second-order valence-electron chi connectivity index (χ2n) is 4.05. The van der Waals surface area contributed by atoms with Gasteiger partial charge in [-0.25, -0.2) is 9.37 Å². The number of pyridine rings is 1. The van der Waals surface area contributed by atoms with Gasteiger partial charge in [0.25, 0.3) is 0 Å². The molecule has 106 valence electrons. The van der Waals surface area contributed by atoms with E-state index in [4.69, 9.17) is 11.6 Å². The van der Waals surface area contributed by atoms with Gasteiger partial charge in [0.1, 0.15) is 17.1 Å². The molecule has 0 saturated heterocycles. The van der Waals surface area contributed by atoms with Gasteiger partial charge in [-0.1, -0.05) is 17.7 Å². The standard InChI is InChI=1S/C13H8ClF4NO/c14-11-6-8(3-4-19-11)12(20)7-1-2-9(10(15)5-7)13(16,17)18/h1-6,12,20H. The van der Waals surface area contributed by atoms with Crippen LogP contribution in [0.5, 0.6) is 0 Å². The van der Waals surface area contributed by atoms with E-state index < -0.39 is 23.7 Å². The Balaban J connectivity index is 2.37. The number of benzene rings is 1. The zero-order chi connectivity index (χ0) is 14.9. The van der Waals surface area contributed by atoms with Gasteiger partial charge in [-0.05, 0) is 35.4 Å². The summed E-state index contributed by atoms with van der Waals surface area (Å²) in [5.74, 6) is -1.44. The predicted octanol–water partition coefficient (Wildman–Crippen LogP) is 3.97. The minimum atomic E-state index is -4.77. The molecule has 7 heteroatoms. The average Bonchev–Trinajstić information content (AvgIpc) is 2.36. The summed E-state index contributed by atoms with van der Waals surface area (Å²) in [5, 5.41) is 10.1. The first-order valence-electron chi connectivity index (χ1n) is 5.45. The Hall–Kier alpha value is -1.66. The summed E-state index contributed by atoms with van der Waals surface area (Å²) in [6.45, 7) is 0. The zero-order valence-corrected chi connectivity index (χ0v) is 10.6. The Labute approximate surface area is 116 Å². The summed E-state index contributed by atoms with van der Waals surface area (Å²) >= 11 is 5.65. The molecule has 0 fully saturated rings. The largest absolute Gasteiger partial charge is 0.419 e. The lowest BCUT2D eigenvalue weighted by Gasteiger charge is -2.14. The number of hydrogen-bond acceptors (Lipinski definition) is 2. The van der Waals surface area contributed by atoms with Crippen molar-refractivity contribution in [2.24, 2.45) is 0 Å². The minimum Gasteiger partial charge on any atom is -0.384 e. The van der Waals surface area contributed by atoms with E-state index in [0.717, 1.165) is 6.07 Å². The number of aromatic nitrogens is 1. The van der Waals surface area contributed by atoms with E-state index in [1.54, 1.807) is 0 Å². The van der Waals surface area contributed by atoms with Gasteiger partial charge < -0.3 is 5.11 Å². The average molecular weight is 306 g/mol. The van der Waals surface area contributed by atoms with Gasteiger partial charge in [0.05, 0.1) is 5.56 Å². The molecule has 1 unspecified atom stereocenters. The third-order valence-corrected chi connectivity index (χ3v) is 2.89. The van der Waals surface area contributed by atoms with Crippen molar-refractivity contribution in [1.29, 1.82) is 0 Å². The van der Waals surface area contributed by atoms with Gasteiger partial charge in [-0.2, -0.15) is 13.2 Å². The van der Waals surface area contributed by atoms with Crippen LogP contribution in [0.2, 0.25) is 5.15 Å². The van der Waals surface area contributed by atoms with Gasteiger partial charge in [0, 0.05) is 6.20 Å². The summed E-state index contributed by atoms with van der Waals surface area (Å²) in [6, 6.07) is 5.05. The molecule has 0 aliphatic carbocycles. The van der Waals surface area contributed by atoms with E-state index in [1.807, 2.05) is 0 Å². The Kier molecular flexibility index (Phi) is 3.96. The van der Waals surface area contributed by atoms with Crippen molar-refractivity contribution >= 4 is 11.6 Å². The molecule has 1 atom stereocenters. The molecule has 0 radical (unpaired) electrons. The Morgan fingerprint density at radius 1 is 1.10 bits per heavy atom. The highest BCUT2D eigenvalue weighted by Gasteiger charge is 2.34. The van der Waals surface area contributed by atoms with Crippen molar-refractivity contribution in [3.05, 3.63) is 64.2 Å². The Bertz CT molecular complexity index is 630. The van der Waals surface area contributed by atoms with Crippen LogP contribution in [-0.2, 0) is 6.18 Å². The molecule has 2 aromatic rings. The fourth-order valence-corrected chi connectivity index (χ4v) is 1.89. The van der Waals surface area contributed by atoms with Gasteiger partial charge in [-0.3, -0.25) is 0 Å². The van der Waals surface area contributed by atoms with Crippen molar-refractivity contribution in [3.8, 4) is 0 Å². The second kappa shape index (κ2) is 5.38. The highest BCUT2D eigenvalue weighted by molar-refractivity contribution is 6.29. The number of aliphatic hydroxyl groups excluding tert-OH is 1. The lowest BCUT2D eigenvalue weighted by Crippen LogP contribution is -2.09. The van der Waals surface area contributed by atoms with Crippen LogP contribution in [-0.4, -0.2) is 10.1 Å². The summed E-state index contributed by atoms with van der Waals surface area (Å²) < 4.78 is 50.7. The summed E-state index contributed by atoms with van der Waals surface area (Å²) in [7, 11) is 0.